The molecule has 0 unspecified atom stereocenters. The van der Waals surface area contributed by atoms with Crippen LogP contribution in [0.4, 0.5) is 0 Å². The van der Waals surface area contributed by atoms with Crippen LogP contribution >= 0.6 is 11.3 Å². The molecule has 3 nitrogen and oxygen atoms in total. The first-order valence-electron chi connectivity index (χ1n) is 5.36. The minimum absolute atomic E-state index is 0. The molecule has 5 heteroatoms. The summed E-state index contributed by atoms with van der Waals surface area (Å²) in [5, 5.41) is 10.3. The Morgan fingerprint density at radius 3 is 2.42 bits per heavy atom. The van der Waals surface area contributed by atoms with Crippen LogP contribution in [0.25, 0.3) is 20.2 Å². The Balaban J connectivity index is 0.00000133. The van der Waals surface area contributed by atoms with Crippen LogP contribution in [-0.4, -0.2) is 28.4 Å². The fourth-order valence-corrected chi connectivity index (χ4v) is 3.17. The van der Waals surface area contributed by atoms with E-state index in [9.17, 15) is 9.59 Å². The Hall–Kier alpha value is -1.67. The van der Waals surface area contributed by atoms with Crippen molar-refractivity contribution in [2.24, 2.45) is 0 Å². The van der Waals surface area contributed by atoms with Gasteiger partial charge in [0.05, 0.1) is 10.3 Å². The number of benzene rings is 2. The molecule has 0 fully saturated rings. The summed E-state index contributed by atoms with van der Waals surface area (Å²) in [7, 11) is 0. The summed E-state index contributed by atoms with van der Waals surface area (Å²) in [6, 6.07) is 12.1. The monoisotopic (exact) mass is 286 g/mol. The lowest BCUT2D eigenvalue weighted by molar-refractivity contribution is 0.0699. The van der Waals surface area contributed by atoms with Crippen LogP contribution < -0.4 is 5.43 Å². The number of carboxylic acid groups (broad SMARTS) is 1. The molecule has 0 saturated heterocycles. The third-order valence-corrected chi connectivity index (χ3v) is 4.05. The van der Waals surface area contributed by atoms with E-state index in [1.807, 2.05) is 18.2 Å². The number of hydrogen-bond donors (Lipinski definition) is 1. The van der Waals surface area contributed by atoms with Crippen molar-refractivity contribution >= 4 is 54.8 Å². The highest BCUT2D eigenvalue weighted by atomic mass is 32.1. The Kier molecular flexibility index (Phi) is 3.72. The summed E-state index contributed by atoms with van der Waals surface area (Å²) in [5.41, 5.74) is 0.0720. The molecule has 1 N–H and O–H groups in total. The highest BCUT2D eigenvalue weighted by Gasteiger charge is 2.12. The molecule has 1 heterocycles. The predicted octanol–water partition coefficient (Wildman–Crippen LogP) is 1.93. The summed E-state index contributed by atoms with van der Waals surface area (Å²) in [4.78, 5) is 23.4. The summed E-state index contributed by atoms with van der Waals surface area (Å²) in [6.07, 6.45) is 0. The van der Waals surface area contributed by atoms with Crippen LogP contribution in [0, 0.1) is 0 Å². The largest absolute Gasteiger partial charge is 0.478 e. The van der Waals surface area contributed by atoms with Gasteiger partial charge in [-0.2, -0.15) is 0 Å². The average Bonchev–Trinajstić information content (AvgIpc) is 2.38. The topological polar surface area (TPSA) is 54.4 Å². The third kappa shape index (κ3) is 2.17. The minimum Gasteiger partial charge on any atom is -0.478 e. The maximum absolute atomic E-state index is 12.3. The molecule has 19 heavy (non-hydrogen) atoms. The predicted molar refractivity (Wildman–Crippen MR) is 82.5 cm³/mol. The van der Waals surface area contributed by atoms with E-state index in [0.29, 0.717) is 15.5 Å². The number of rotatable bonds is 1. The number of carboxylic acids is 1. The van der Waals surface area contributed by atoms with Crippen molar-refractivity contribution in [1.82, 2.24) is 0 Å². The number of fused-ring (bicyclic) bond motifs is 2. The minimum atomic E-state index is -1.01. The van der Waals surface area contributed by atoms with E-state index in [1.54, 1.807) is 18.2 Å². The molecule has 2 aromatic carbocycles. The quantitative estimate of drug-likeness (QED) is 0.549. The van der Waals surface area contributed by atoms with Gasteiger partial charge in [0, 0.05) is 15.5 Å². The molecule has 0 bridgehead atoms. The molecule has 0 radical (unpaired) electrons. The summed E-state index contributed by atoms with van der Waals surface area (Å²) in [5.74, 6) is -1.01. The van der Waals surface area contributed by atoms with Gasteiger partial charge in [0.2, 0.25) is 0 Å². The molecule has 0 amide bonds. The lowest BCUT2D eigenvalue weighted by Gasteiger charge is -2.03. The van der Waals surface area contributed by atoms with Crippen LogP contribution in [0.1, 0.15) is 10.4 Å². The van der Waals surface area contributed by atoms with Gasteiger partial charge >= 0.3 is 5.97 Å². The van der Waals surface area contributed by atoms with Crippen molar-refractivity contribution in [1.29, 1.82) is 0 Å². The van der Waals surface area contributed by atoms with Crippen LogP contribution in [0.2, 0.25) is 0 Å². The van der Waals surface area contributed by atoms with Crippen molar-refractivity contribution in [3.05, 3.63) is 58.3 Å². The van der Waals surface area contributed by atoms with Gasteiger partial charge in [0.25, 0.3) is 0 Å². The number of aromatic carboxylic acids is 1. The lowest BCUT2D eigenvalue weighted by Crippen LogP contribution is -2.04. The van der Waals surface area contributed by atoms with Crippen molar-refractivity contribution < 1.29 is 9.90 Å². The van der Waals surface area contributed by atoms with Crippen molar-refractivity contribution in [2.75, 3.05) is 0 Å². The molecule has 0 aliphatic rings. The first-order chi connectivity index (χ1) is 8.68. The van der Waals surface area contributed by atoms with E-state index in [2.05, 4.69) is 0 Å². The fourth-order valence-electron chi connectivity index (χ4n) is 1.99. The summed E-state index contributed by atoms with van der Waals surface area (Å²) >= 11 is 1.34. The maximum atomic E-state index is 12.3. The zero-order valence-electron chi connectivity index (χ0n) is 9.21. The second kappa shape index (κ2) is 5.14. The van der Waals surface area contributed by atoms with Crippen LogP contribution in [0.3, 0.4) is 0 Å². The molecule has 0 saturated carbocycles. The zero-order valence-corrected chi connectivity index (χ0v) is 10.0. The van der Waals surface area contributed by atoms with Gasteiger partial charge in [-0.1, -0.05) is 18.2 Å². The van der Waals surface area contributed by atoms with Gasteiger partial charge in [-0.25, -0.2) is 4.79 Å². The summed E-state index contributed by atoms with van der Waals surface area (Å²) < 4.78 is 1.34. The molecule has 94 valence electrons. The van der Waals surface area contributed by atoms with Gasteiger partial charge in [-0.3, -0.25) is 4.79 Å². The Morgan fingerprint density at radius 1 is 1.00 bits per heavy atom. The van der Waals surface area contributed by atoms with Crippen LogP contribution in [0.5, 0.6) is 0 Å². The third-order valence-electron chi connectivity index (χ3n) is 2.83. The average molecular weight is 286 g/mol. The first-order valence-corrected chi connectivity index (χ1v) is 6.18. The van der Waals surface area contributed by atoms with Gasteiger partial charge in [-0.05, 0) is 24.3 Å². The van der Waals surface area contributed by atoms with Crippen molar-refractivity contribution in [3.8, 4) is 0 Å². The Morgan fingerprint density at radius 2 is 1.68 bits per heavy atom. The molecular weight excluding hydrogens is 275 g/mol. The van der Waals surface area contributed by atoms with E-state index < -0.39 is 5.97 Å². The van der Waals surface area contributed by atoms with Crippen molar-refractivity contribution in [3.63, 3.8) is 0 Å². The van der Waals surface area contributed by atoms with Gasteiger partial charge in [0.1, 0.15) is 0 Å². The first kappa shape index (κ1) is 13.8. The molecular formula is C14H11AlO3S. The molecule has 3 aromatic rings. The maximum Gasteiger partial charge on any atom is 0.337 e. The summed E-state index contributed by atoms with van der Waals surface area (Å²) in [6.45, 7) is 0. The van der Waals surface area contributed by atoms with Gasteiger partial charge in [-0.15, -0.1) is 11.3 Å². The van der Waals surface area contributed by atoms with E-state index in [1.165, 1.54) is 17.4 Å². The van der Waals surface area contributed by atoms with Crippen molar-refractivity contribution in [2.45, 2.75) is 0 Å². The smallest absolute Gasteiger partial charge is 0.337 e. The highest BCUT2D eigenvalue weighted by Crippen LogP contribution is 2.27. The Bertz CT molecular complexity index is 839. The van der Waals surface area contributed by atoms with E-state index in [-0.39, 0.29) is 28.4 Å². The second-order valence-electron chi connectivity index (χ2n) is 3.91. The molecule has 0 atom stereocenters. The highest BCUT2D eigenvalue weighted by molar-refractivity contribution is 7.24. The normalized spacial score (nSPS) is 10.3. The molecule has 3 rings (SSSR count). The Labute approximate surface area is 123 Å². The van der Waals surface area contributed by atoms with E-state index in [4.69, 9.17) is 5.11 Å². The number of hydrogen-bond acceptors (Lipinski definition) is 3. The standard InChI is InChI=1S/C14H8O3S.Al.3H/c15-12-8-4-1-2-7-11(8)18-13-9(12)5-3-6-10(13)14(16)17;;;;/h1-7H,(H,16,17);;;;. The zero-order chi connectivity index (χ0) is 12.7. The van der Waals surface area contributed by atoms with Crippen LogP contribution in [0.15, 0.2) is 47.3 Å². The van der Waals surface area contributed by atoms with Gasteiger partial charge < -0.3 is 5.11 Å². The molecule has 0 spiro atoms. The second-order valence-corrected chi connectivity index (χ2v) is 4.97. The number of carbonyl (C=O) groups is 1. The molecule has 0 aliphatic carbocycles. The lowest BCUT2D eigenvalue weighted by atomic mass is 10.1. The van der Waals surface area contributed by atoms with E-state index in [0.717, 1.165) is 4.70 Å². The molecule has 0 aliphatic heterocycles. The van der Waals surface area contributed by atoms with Gasteiger partial charge in [0.15, 0.2) is 22.8 Å². The molecule has 1 aromatic heterocycles. The van der Waals surface area contributed by atoms with E-state index >= 15 is 0 Å². The van der Waals surface area contributed by atoms with Crippen LogP contribution in [-0.2, 0) is 0 Å². The fraction of sp³-hybridized carbons (Fsp3) is 0. The SMILES string of the molecule is O=C(O)c1cccc2c(=O)c3ccccc3sc12.[AlH3].